The molecule has 0 saturated carbocycles. The second-order valence-electron chi connectivity index (χ2n) is 4.14. The monoisotopic (exact) mass is 257 g/mol. The van der Waals surface area contributed by atoms with Gasteiger partial charge in [0.2, 0.25) is 0 Å². The number of hydrogen-bond donors (Lipinski definition) is 2. The van der Waals surface area contributed by atoms with Crippen LogP contribution in [0.1, 0.15) is 25.8 Å². The minimum atomic E-state index is -0.326. The van der Waals surface area contributed by atoms with Gasteiger partial charge in [-0.15, -0.1) is 0 Å². The molecule has 0 bridgehead atoms. The smallest absolute Gasteiger partial charge is 0.147 e. The van der Waals surface area contributed by atoms with Crippen LogP contribution in [0.3, 0.4) is 0 Å². The zero-order valence-corrected chi connectivity index (χ0v) is 11.3. The van der Waals surface area contributed by atoms with Crippen molar-refractivity contribution >= 4 is 11.6 Å². The van der Waals surface area contributed by atoms with Gasteiger partial charge in [-0.2, -0.15) is 0 Å². The number of aryl methyl sites for hydroxylation is 1. The second-order valence-corrected chi connectivity index (χ2v) is 4.55. The summed E-state index contributed by atoms with van der Waals surface area (Å²) in [6, 6.07) is 5.56. The molecule has 3 nitrogen and oxygen atoms in total. The van der Waals surface area contributed by atoms with E-state index in [1.165, 1.54) is 0 Å². The van der Waals surface area contributed by atoms with Crippen LogP contribution in [0.2, 0.25) is 5.02 Å². The normalized spacial score (nSPS) is 14.4. The van der Waals surface area contributed by atoms with Crippen molar-refractivity contribution in [1.82, 2.24) is 5.32 Å². The molecule has 1 aromatic carbocycles. The minimum absolute atomic E-state index is 0.142. The summed E-state index contributed by atoms with van der Waals surface area (Å²) in [6.07, 6.45) is 0.268. The summed E-state index contributed by atoms with van der Waals surface area (Å²) < 4.78 is 5.66. The Balaban J connectivity index is 2.44. The number of nitrogens with one attached hydrogen (secondary N) is 1. The number of rotatable bonds is 6. The molecule has 0 aliphatic carbocycles. The Morgan fingerprint density at radius 1 is 1.47 bits per heavy atom. The fourth-order valence-corrected chi connectivity index (χ4v) is 1.50. The highest BCUT2D eigenvalue weighted by Gasteiger charge is 2.07. The van der Waals surface area contributed by atoms with Crippen LogP contribution in [-0.2, 0) is 0 Å². The van der Waals surface area contributed by atoms with Gasteiger partial charge in [0.25, 0.3) is 0 Å². The number of hydrogen-bond acceptors (Lipinski definition) is 3. The average molecular weight is 258 g/mol. The first-order chi connectivity index (χ1) is 8.02. The van der Waals surface area contributed by atoms with Gasteiger partial charge < -0.3 is 9.84 Å². The molecular formula is C13H20ClNO2. The van der Waals surface area contributed by atoms with E-state index in [9.17, 15) is 5.11 Å². The van der Waals surface area contributed by atoms with Gasteiger partial charge >= 0.3 is 0 Å². The maximum Gasteiger partial charge on any atom is 0.147 e. The van der Waals surface area contributed by atoms with Crippen molar-refractivity contribution in [2.75, 3.05) is 6.54 Å². The lowest BCUT2D eigenvalue weighted by Gasteiger charge is -2.18. The number of aliphatic hydroxyl groups excluding tert-OH is 1. The molecule has 0 saturated heterocycles. The Morgan fingerprint density at radius 2 is 2.18 bits per heavy atom. The highest BCUT2D eigenvalue weighted by atomic mass is 35.5. The Hall–Kier alpha value is -0.770. The van der Waals surface area contributed by atoms with Crippen LogP contribution < -0.4 is 10.1 Å². The third kappa shape index (κ3) is 4.94. The summed E-state index contributed by atoms with van der Waals surface area (Å²) in [5.74, 6) is 0.776. The van der Waals surface area contributed by atoms with E-state index < -0.39 is 0 Å². The fourth-order valence-electron chi connectivity index (χ4n) is 1.38. The predicted octanol–water partition coefficient (Wildman–Crippen LogP) is 2.73. The lowest BCUT2D eigenvalue weighted by Crippen LogP contribution is -2.37. The van der Waals surface area contributed by atoms with Crippen molar-refractivity contribution in [1.29, 1.82) is 0 Å². The van der Waals surface area contributed by atoms with Crippen molar-refractivity contribution in [2.45, 2.75) is 39.5 Å². The second kappa shape index (κ2) is 6.84. The van der Waals surface area contributed by atoms with E-state index in [0.29, 0.717) is 6.54 Å². The molecule has 2 unspecified atom stereocenters. The number of benzene rings is 1. The van der Waals surface area contributed by atoms with Gasteiger partial charge in [-0.3, -0.25) is 5.32 Å². The highest BCUT2D eigenvalue weighted by Crippen LogP contribution is 2.21. The summed E-state index contributed by atoms with van der Waals surface area (Å²) >= 11 is 5.93. The highest BCUT2D eigenvalue weighted by molar-refractivity contribution is 6.31. The van der Waals surface area contributed by atoms with Crippen LogP contribution in [-0.4, -0.2) is 24.0 Å². The molecule has 0 heterocycles. The van der Waals surface area contributed by atoms with E-state index in [1.807, 2.05) is 39.0 Å². The van der Waals surface area contributed by atoms with Gasteiger partial charge in [0, 0.05) is 11.6 Å². The number of aliphatic hydroxyl groups is 1. The maximum atomic E-state index is 9.42. The lowest BCUT2D eigenvalue weighted by molar-refractivity contribution is 0.125. The average Bonchev–Trinajstić information content (AvgIpc) is 2.31. The van der Waals surface area contributed by atoms with Crippen LogP contribution in [0.4, 0.5) is 0 Å². The molecule has 17 heavy (non-hydrogen) atoms. The van der Waals surface area contributed by atoms with Crippen LogP contribution in [0.5, 0.6) is 5.75 Å². The molecule has 0 spiro atoms. The molecule has 2 N–H and O–H groups in total. The Kier molecular flexibility index (Phi) is 5.75. The molecule has 0 aromatic heterocycles. The molecule has 4 heteroatoms. The molecule has 96 valence electrons. The standard InChI is InChI=1S/C13H20ClNO2/c1-4-11(16)8-15-10(3)17-12-5-6-13(14)9(2)7-12/h5-7,10-11,15-16H,4,8H2,1-3H3. The third-order valence-electron chi connectivity index (χ3n) is 2.55. The summed E-state index contributed by atoms with van der Waals surface area (Å²) in [6.45, 7) is 6.32. The minimum Gasteiger partial charge on any atom is -0.476 e. The number of halogens is 1. The summed E-state index contributed by atoms with van der Waals surface area (Å²) in [7, 11) is 0. The molecule has 0 radical (unpaired) electrons. The zero-order valence-electron chi connectivity index (χ0n) is 10.5. The van der Waals surface area contributed by atoms with Crippen LogP contribution >= 0.6 is 11.6 Å². The van der Waals surface area contributed by atoms with Crippen molar-refractivity contribution in [2.24, 2.45) is 0 Å². The van der Waals surface area contributed by atoms with Crippen LogP contribution in [0.15, 0.2) is 18.2 Å². The van der Waals surface area contributed by atoms with E-state index in [0.717, 1.165) is 22.8 Å². The van der Waals surface area contributed by atoms with E-state index >= 15 is 0 Å². The van der Waals surface area contributed by atoms with E-state index in [2.05, 4.69) is 5.32 Å². The first kappa shape index (κ1) is 14.3. The lowest BCUT2D eigenvalue weighted by atomic mass is 10.2. The van der Waals surface area contributed by atoms with Gasteiger partial charge in [-0.1, -0.05) is 18.5 Å². The Morgan fingerprint density at radius 3 is 2.76 bits per heavy atom. The summed E-state index contributed by atoms with van der Waals surface area (Å²) in [4.78, 5) is 0. The first-order valence-corrected chi connectivity index (χ1v) is 6.25. The SMILES string of the molecule is CCC(O)CNC(C)Oc1ccc(Cl)c(C)c1. The summed E-state index contributed by atoms with van der Waals surface area (Å²) in [5.41, 5.74) is 0.991. The Labute approximate surface area is 108 Å². The molecule has 1 rings (SSSR count). The fraction of sp³-hybridized carbons (Fsp3) is 0.538. The molecule has 0 aliphatic rings. The van der Waals surface area contributed by atoms with Gasteiger partial charge in [0.15, 0.2) is 0 Å². The molecular weight excluding hydrogens is 238 g/mol. The topological polar surface area (TPSA) is 41.5 Å². The third-order valence-corrected chi connectivity index (χ3v) is 2.98. The molecule has 0 fully saturated rings. The maximum absolute atomic E-state index is 9.42. The van der Waals surface area contributed by atoms with E-state index in [-0.39, 0.29) is 12.3 Å². The summed E-state index contributed by atoms with van der Waals surface area (Å²) in [5, 5.41) is 13.3. The molecule has 1 aromatic rings. The van der Waals surface area contributed by atoms with Crippen molar-refractivity contribution in [3.8, 4) is 5.75 Å². The Bertz CT molecular complexity index is 357. The van der Waals surface area contributed by atoms with Gasteiger partial charge in [0.1, 0.15) is 12.0 Å². The molecule has 0 amide bonds. The quantitative estimate of drug-likeness (QED) is 0.770. The van der Waals surface area contributed by atoms with Gasteiger partial charge in [0.05, 0.1) is 6.10 Å². The van der Waals surface area contributed by atoms with E-state index in [1.54, 1.807) is 0 Å². The van der Waals surface area contributed by atoms with Crippen LogP contribution in [0.25, 0.3) is 0 Å². The molecule has 2 atom stereocenters. The largest absolute Gasteiger partial charge is 0.476 e. The predicted molar refractivity (Wildman–Crippen MR) is 70.6 cm³/mol. The molecule has 0 aliphatic heterocycles. The first-order valence-electron chi connectivity index (χ1n) is 5.87. The van der Waals surface area contributed by atoms with Crippen molar-refractivity contribution in [3.63, 3.8) is 0 Å². The van der Waals surface area contributed by atoms with Crippen LogP contribution in [0, 0.1) is 6.92 Å². The number of ether oxygens (including phenoxy) is 1. The van der Waals surface area contributed by atoms with Gasteiger partial charge in [-0.05, 0) is 44.0 Å². The van der Waals surface area contributed by atoms with Gasteiger partial charge in [-0.25, -0.2) is 0 Å². The van der Waals surface area contributed by atoms with Crippen molar-refractivity contribution in [3.05, 3.63) is 28.8 Å². The zero-order chi connectivity index (χ0) is 12.8. The van der Waals surface area contributed by atoms with Crippen molar-refractivity contribution < 1.29 is 9.84 Å². The van der Waals surface area contributed by atoms with E-state index in [4.69, 9.17) is 16.3 Å².